The molecule has 0 spiro atoms. The zero-order valence-electron chi connectivity index (χ0n) is 12.7. The molecule has 4 heteroatoms. The Hall–Kier alpha value is -2.17. The van der Waals surface area contributed by atoms with Crippen molar-refractivity contribution in [3.63, 3.8) is 0 Å². The molecule has 1 aliphatic heterocycles. The van der Waals surface area contributed by atoms with Crippen molar-refractivity contribution in [3.05, 3.63) is 82.0 Å². The Bertz CT molecular complexity index is 975. The number of carbonyl (C=O) groups excluding carboxylic acids is 1. The number of benzene rings is 2. The van der Waals surface area contributed by atoms with Gasteiger partial charge in [-0.2, -0.15) is 0 Å². The van der Waals surface area contributed by atoms with Crippen LogP contribution in [0.15, 0.2) is 75.9 Å². The molecule has 0 fully saturated rings. The number of carbonyl (C=O) groups is 1. The molecular formula is C20H13NOS2. The lowest BCUT2D eigenvalue weighted by atomic mass is 9.97. The summed E-state index contributed by atoms with van der Waals surface area (Å²) in [5.74, 6) is -0.0125. The molecule has 0 N–H and O–H groups in total. The molecular weight excluding hydrogens is 334 g/mol. The first-order valence-corrected chi connectivity index (χ1v) is 9.60. The van der Waals surface area contributed by atoms with Gasteiger partial charge in [0.1, 0.15) is 0 Å². The average Bonchev–Trinajstić information content (AvgIpc) is 3.19. The van der Waals surface area contributed by atoms with E-state index < -0.39 is 0 Å². The number of aliphatic imine (C=N–C) groups is 1. The smallest absolute Gasteiger partial charge is 0.174 e. The second kappa shape index (κ2) is 5.43. The highest BCUT2D eigenvalue weighted by Gasteiger charge is 2.44. The summed E-state index contributed by atoms with van der Waals surface area (Å²) in [4.78, 5) is 20.5. The standard InChI is InChI=1S/C20H13NOS2/c22-19-13-7-2-1-6-12(13)18-17(19)20(16-10-5-11-23-16)24-15-9-4-3-8-14(15)21-18/h1-11,17,20H/t17?,20-/m0/s1. The molecule has 5 rings (SSSR count). The predicted octanol–water partition coefficient (Wildman–Crippen LogP) is 5.53. The number of ketones is 1. The fourth-order valence-electron chi connectivity index (χ4n) is 3.45. The van der Waals surface area contributed by atoms with E-state index in [0.717, 1.165) is 27.4 Å². The van der Waals surface area contributed by atoms with Crippen molar-refractivity contribution in [2.24, 2.45) is 10.9 Å². The fourth-order valence-corrected chi connectivity index (χ4v) is 5.75. The molecule has 116 valence electrons. The number of thiophene rings is 1. The number of nitrogens with zero attached hydrogens (tertiary/aromatic N) is 1. The van der Waals surface area contributed by atoms with Gasteiger partial charge in [-0.05, 0) is 23.6 Å². The van der Waals surface area contributed by atoms with Gasteiger partial charge in [-0.1, -0.05) is 42.5 Å². The van der Waals surface area contributed by atoms with Gasteiger partial charge in [-0.25, -0.2) is 0 Å². The van der Waals surface area contributed by atoms with Crippen LogP contribution in [0.25, 0.3) is 0 Å². The fraction of sp³-hybridized carbons (Fsp3) is 0.100. The quantitative estimate of drug-likeness (QED) is 0.579. The molecule has 3 aromatic rings. The second-order valence-corrected chi connectivity index (χ2v) is 8.07. The van der Waals surface area contributed by atoms with E-state index in [-0.39, 0.29) is 17.0 Å². The van der Waals surface area contributed by atoms with Crippen LogP contribution >= 0.6 is 23.1 Å². The largest absolute Gasteiger partial charge is 0.293 e. The molecule has 0 saturated heterocycles. The monoisotopic (exact) mass is 347 g/mol. The zero-order chi connectivity index (χ0) is 16.1. The third-order valence-electron chi connectivity index (χ3n) is 4.53. The van der Waals surface area contributed by atoms with E-state index in [1.54, 1.807) is 23.1 Å². The maximum absolute atomic E-state index is 13.2. The Balaban J connectivity index is 1.78. The third kappa shape index (κ3) is 2.03. The van der Waals surface area contributed by atoms with Gasteiger partial charge >= 0.3 is 0 Å². The van der Waals surface area contributed by atoms with Crippen LogP contribution in [0.1, 0.15) is 26.0 Å². The van der Waals surface area contributed by atoms with Crippen molar-refractivity contribution in [2.45, 2.75) is 10.1 Å². The molecule has 0 radical (unpaired) electrons. The lowest BCUT2D eigenvalue weighted by Gasteiger charge is -2.19. The Morgan fingerprint density at radius 1 is 0.875 bits per heavy atom. The van der Waals surface area contributed by atoms with E-state index in [4.69, 9.17) is 4.99 Å². The van der Waals surface area contributed by atoms with Crippen molar-refractivity contribution in [3.8, 4) is 0 Å². The van der Waals surface area contributed by atoms with Gasteiger partial charge in [0, 0.05) is 20.9 Å². The van der Waals surface area contributed by atoms with Crippen LogP contribution in [-0.2, 0) is 0 Å². The SMILES string of the molecule is O=C1c2ccccc2C2=Nc3ccccc3S[C@@H](c3cccs3)C12. The highest BCUT2D eigenvalue weighted by atomic mass is 32.2. The van der Waals surface area contributed by atoms with Crippen molar-refractivity contribution >= 4 is 40.3 Å². The minimum atomic E-state index is -0.210. The first-order chi connectivity index (χ1) is 11.8. The lowest BCUT2D eigenvalue weighted by Crippen LogP contribution is -2.21. The third-order valence-corrected chi connectivity index (χ3v) is 7.02. The van der Waals surface area contributed by atoms with Crippen LogP contribution in [0.3, 0.4) is 0 Å². The van der Waals surface area contributed by atoms with E-state index in [1.807, 2.05) is 42.5 Å². The molecule has 24 heavy (non-hydrogen) atoms. The van der Waals surface area contributed by atoms with Crippen LogP contribution in [0.5, 0.6) is 0 Å². The Morgan fingerprint density at radius 3 is 2.50 bits per heavy atom. The Kier molecular flexibility index (Phi) is 3.21. The molecule has 2 aliphatic rings. The number of para-hydroxylation sites is 1. The predicted molar refractivity (Wildman–Crippen MR) is 99.8 cm³/mol. The second-order valence-electron chi connectivity index (χ2n) is 5.91. The van der Waals surface area contributed by atoms with Gasteiger partial charge in [0.2, 0.25) is 0 Å². The summed E-state index contributed by atoms with van der Waals surface area (Å²) in [6, 6.07) is 20.2. The lowest BCUT2D eigenvalue weighted by molar-refractivity contribution is 0.0960. The molecule has 2 nitrogen and oxygen atoms in total. The van der Waals surface area contributed by atoms with Gasteiger partial charge in [0.15, 0.2) is 5.78 Å². The molecule has 0 saturated carbocycles. The van der Waals surface area contributed by atoms with Crippen LogP contribution in [0.2, 0.25) is 0 Å². The van der Waals surface area contributed by atoms with E-state index in [9.17, 15) is 4.79 Å². The molecule has 0 amide bonds. The molecule has 1 aromatic heterocycles. The molecule has 2 atom stereocenters. The van der Waals surface area contributed by atoms with Crippen molar-refractivity contribution in [1.82, 2.24) is 0 Å². The minimum absolute atomic E-state index is 0.0762. The number of fused-ring (bicyclic) bond motifs is 4. The van der Waals surface area contributed by atoms with Crippen LogP contribution in [0.4, 0.5) is 5.69 Å². The molecule has 1 aliphatic carbocycles. The first-order valence-electron chi connectivity index (χ1n) is 7.84. The normalized spacial score (nSPS) is 21.5. The summed E-state index contributed by atoms with van der Waals surface area (Å²) in [6.07, 6.45) is 0. The summed E-state index contributed by atoms with van der Waals surface area (Å²) in [5, 5.41) is 2.16. The Morgan fingerprint density at radius 2 is 1.67 bits per heavy atom. The number of Topliss-reactive ketones (excluding diaryl/α,β-unsaturated/α-hetero) is 1. The van der Waals surface area contributed by atoms with Crippen molar-refractivity contribution in [2.75, 3.05) is 0 Å². The zero-order valence-corrected chi connectivity index (χ0v) is 14.3. The van der Waals surface area contributed by atoms with E-state index in [0.29, 0.717) is 0 Å². The van der Waals surface area contributed by atoms with Crippen LogP contribution in [-0.4, -0.2) is 11.5 Å². The molecule has 2 aromatic carbocycles. The summed E-state index contributed by atoms with van der Waals surface area (Å²) in [5.41, 5.74) is 3.69. The number of thioether (sulfide) groups is 1. The van der Waals surface area contributed by atoms with Crippen LogP contribution < -0.4 is 0 Å². The molecule has 2 heterocycles. The minimum Gasteiger partial charge on any atom is -0.293 e. The van der Waals surface area contributed by atoms with Crippen LogP contribution in [0, 0.1) is 5.92 Å². The molecule has 1 unspecified atom stereocenters. The highest BCUT2D eigenvalue weighted by molar-refractivity contribution is 8.00. The summed E-state index contributed by atoms with van der Waals surface area (Å²) >= 11 is 3.48. The topological polar surface area (TPSA) is 29.4 Å². The van der Waals surface area contributed by atoms with Gasteiger partial charge in [0.05, 0.1) is 22.6 Å². The maximum Gasteiger partial charge on any atom is 0.174 e. The first kappa shape index (κ1) is 14.2. The van der Waals surface area contributed by atoms with Gasteiger partial charge in [-0.15, -0.1) is 23.1 Å². The van der Waals surface area contributed by atoms with E-state index in [2.05, 4.69) is 23.6 Å². The van der Waals surface area contributed by atoms with Gasteiger partial charge < -0.3 is 0 Å². The number of rotatable bonds is 1. The summed E-state index contributed by atoms with van der Waals surface area (Å²) in [6.45, 7) is 0. The van der Waals surface area contributed by atoms with E-state index in [1.165, 1.54) is 4.88 Å². The van der Waals surface area contributed by atoms with Crippen molar-refractivity contribution in [1.29, 1.82) is 0 Å². The summed E-state index contributed by atoms with van der Waals surface area (Å²) in [7, 11) is 0. The molecule has 0 bridgehead atoms. The van der Waals surface area contributed by atoms with Gasteiger partial charge in [-0.3, -0.25) is 9.79 Å². The maximum atomic E-state index is 13.2. The van der Waals surface area contributed by atoms with Crippen molar-refractivity contribution < 1.29 is 4.79 Å². The summed E-state index contributed by atoms with van der Waals surface area (Å²) < 4.78 is 0. The van der Waals surface area contributed by atoms with E-state index >= 15 is 0 Å². The number of hydrogen-bond donors (Lipinski definition) is 0. The van der Waals surface area contributed by atoms with Gasteiger partial charge in [0.25, 0.3) is 0 Å². The number of hydrogen-bond acceptors (Lipinski definition) is 4. The average molecular weight is 347 g/mol. The highest BCUT2D eigenvalue weighted by Crippen LogP contribution is 2.52. The Labute approximate surface area is 148 Å².